The summed E-state index contributed by atoms with van der Waals surface area (Å²) in [5, 5.41) is 9.99. The molecular formula is C12H16ClF4NO4. The molecule has 1 fully saturated rings. The van der Waals surface area contributed by atoms with Crippen molar-refractivity contribution in [3.63, 3.8) is 0 Å². The van der Waals surface area contributed by atoms with Crippen LogP contribution in [-0.4, -0.2) is 54.5 Å². The van der Waals surface area contributed by atoms with E-state index in [1.54, 1.807) is 0 Å². The first-order chi connectivity index (χ1) is 9.98. The van der Waals surface area contributed by atoms with Gasteiger partial charge >= 0.3 is 18.1 Å². The number of hydrogen-bond acceptors (Lipinski definition) is 4. The van der Waals surface area contributed by atoms with Gasteiger partial charge in [-0.15, -0.1) is 11.6 Å². The number of rotatable bonds is 4. The summed E-state index contributed by atoms with van der Waals surface area (Å²) in [4.78, 5) is 20.5. The van der Waals surface area contributed by atoms with Gasteiger partial charge in [-0.3, -0.25) is 10.1 Å². The quantitative estimate of drug-likeness (QED) is 0.351. The lowest BCUT2D eigenvalue weighted by atomic mass is 9.90. The molecule has 0 aromatic carbocycles. The third kappa shape index (κ3) is 6.18. The fourth-order valence-electron chi connectivity index (χ4n) is 1.86. The molecule has 10 heteroatoms. The molecule has 22 heavy (non-hydrogen) atoms. The standard InChI is InChI=1S/C10H15ClFNO2.C2HF3O2/c1-7(5-11)3-10(9(14)15-2)4-8(12)6-13-10;3-2(4,5)1(6)7/h8,13H,1,3-6H2,2H3;(H,6,7)/t8-,10?;/m0./s1. The Kier molecular flexibility index (Phi) is 7.82. The maximum Gasteiger partial charge on any atom is 0.490 e. The molecule has 128 valence electrons. The van der Waals surface area contributed by atoms with Gasteiger partial charge < -0.3 is 9.84 Å². The maximum atomic E-state index is 13.1. The highest BCUT2D eigenvalue weighted by Crippen LogP contribution is 2.29. The molecule has 0 spiro atoms. The van der Waals surface area contributed by atoms with E-state index in [9.17, 15) is 22.4 Å². The van der Waals surface area contributed by atoms with E-state index in [4.69, 9.17) is 21.5 Å². The van der Waals surface area contributed by atoms with E-state index in [2.05, 4.69) is 16.6 Å². The predicted molar refractivity (Wildman–Crippen MR) is 70.4 cm³/mol. The zero-order valence-corrected chi connectivity index (χ0v) is 12.4. The van der Waals surface area contributed by atoms with Crippen LogP contribution in [0.25, 0.3) is 0 Å². The molecule has 2 N–H and O–H groups in total. The van der Waals surface area contributed by atoms with E-state index in [1.165, 1.54) is 7.11 Å². The fourth-order valence-corrected chi connectivity index (χ4v) is 1.95. The van der Waals surface area contributed by atoms with E-state index >= 15 is 0 Å². The molecule has 0 amide bonds. The Morgan fingerprint density at radius 1 is 1.50 bits per heavy atom. The van der Waals surface area contributed by atoms with E-state index in [0.717, 1.165) is 0 Å². The van der Waals surface area contributed by atoms with Gasteiger partial charge in [0.05, 0.1) is 7.11 Å². The Morgan fingerprint density at radius 3 is 2.27 bits per heavy atom. The summed E-state index contributed by atoms with van der Waals surface area (Å²) in [5.74, 6) is -2.95. The molecule has 0 bridgehead atoms. The van der Waals surface area contributed by atoms with Crippen LogP contribution in [0.4, 0.5) is 17.6 Å². The summed E-state index contributed by atoms with van der Waals surface area (Å²) in [6.45, 7) is 3.89. The predicted octanol–water partition coefficient (Wildman–Crippen LogP) is 2.05. The molecule has 0 aromatic rings. The van der Waals surface area contributed by atoms with Crippen LogP contribution in [0.5, 0.6) is 0 Å². The van der Waals surface area contributed by atoms with Crippen molar-refractivity contribution in [1.82, 2.24) is 5.32 Å². The van der Waals surface area contributed by atoms with E-state index in [-0.39, 0.29) is 18.8 Å². The minimum Gasteiger partial charge on any atom is -0.475 e. The molecule has 0 saturated carbocycles. The van der Waals surface area contributed by atoms with E-state index in [0.29, 0.717) is 12.0 Å². The van der Waals surface area contributed by atoms with Crippen LogP contribution in [-0.2, 0) is 14.3 Å². The van der Waals surface area contributed by atoms with Gasteiger partial charge in [-0.1, -0.05) is 12.2 Å². The molecule has 5 nitrogen and oxygen atoms in total. The number of alkyl halides is 5. The second-order valence-corrected chi connectivity index (χ2v) is 4.89. The largest absolute Gasteiger partial charge is 0.490 e. The number of carbonyl (C=O) groups is 2. The second kappa shape index (κ2) is 8.33. The lowest BCUT2D eigenvalue weighted by Crippen LogP contribution is -2.48. The number of hydrogen-bond donors (Lipinski definition) is 2. The van der Waals surface area contributed by atoms with Crippen molar-refractivity contribution < 1.29 is 37.0 Å². The molecule has 1 aliphatic rings. The summed E-state index contributed by atoms with van der Waals surface area (Å²) in [5.41, 5.74) is -0.274. The Labute approximate surface area is 129 Å². The van der Waals surface area contributed by atoms with E-state index in [1.807, 2.05) is 0 Å². The molecule has 1 saturated heterocycles. The second-order valence-electron chi connectivity index (χ2n) is 4.62. The van der Waals surface area contributed by atoms with Crippen molar-refractivity contribution in [2.75, 3.05) is 19.5 Å². The van der Waals surface area contributed by atoms with Gasteiger partial charge in [0.15, 0.2) is 0 Å². The van der Waals surface area contributed by atoms with Gasteiger partial charge in [-0.25, -0.2) is 9.18 Å². The summed E-state index contributed by atoms with van der Waals surface area (Å²) < 4.78 is 49.6. The number of halogens is 5. The lowest BCUT2D eigenvalue weighted by molar-refractivity contribution is -0.192. The molecule has 1 aliphatic heterocycles. The number of nitrogens with one attached hydrogen (secondary N) is 1. The number of methoxy groups -OCH3 is 1. The first-order valence-electron chi connectivity index (χ1n) is 5.98. The fraction of sp³-hybridized carbons (Fsp3) is 0.667. The molecule has 0 aromatic heterocycles. The van der Waals surface area contributed by atoms with Crippen LogP contribution < -0.4 is 5.32 Å². The van der Waals surface area contributed by atoms with Gasteiger partial charge in [0.1, 0.15) is 11.7 Å². The van der Waals surface area contributed by atoms with Crippen LogP contribution in [0.2, 0.25) is 0 Å². The van der Waals surface area contributed by atoms with Crippen molar-refractivity contribution in [2.45, 2.75) is 30.7 Å². The minimum atomic E-state index is -5.08. The van der Waals surface area contributed by atoms with Crippen molar-refractivity contribution in [2.24, 2.45) is 0 Å². The summed E-state index contributed by atoms with van der Waals surface area (Å²) >= 11 is 5.60. The zero-order chi connectivity index (χ0) is 17.6. The van der Waals surface area contributed by atoms with Gasteiger partial charge in [-0.2, -0.15) is 13.2 Å². The molecule has 0 aliphatic carbocycles. The van der Waals surface area contributed by atoms with Crippen molar-refractivity contribution >= 4 is 23.5 Å². The Bertz CT molecular complexity index is 430. The number of ether oxygens (including phenoxy) is 1. The summed E-state index contributed by atoms with van der Waals surface area (Å²) in [7, 11) is 1.29. The van der Waals surface area contributed by atoms with Crippen LogP contribution in [0.15, 0.2) is 12.2 Å². The molecular weight excluding hydrogens is 334 g/mol. The highest BCUT2D eigenvalue weighted by molar-refractivity contribution is 6.19. The number of carbonyl (C=O) groups excluding carboxylic acids is 1. The maximum absolute atomic E-state index is 13.1. The number of carboxylic acids is 1. The number of carboxylic acid groups (broad SMARTS) is 1. The zero-order valence-electron chi connectivity index (χ0n) is 11.7. The smallest absolute Gasteiger partial charge is 0.475 e. The highest BCUT2D eigenvalue weighted by Gasteiger charge is 2.46. The molecule has 0 radical (unpaired) electrons. The number of esters is 1. The van der Waals surface area contributed by atoms with Gasteiger partial charge in [0.2, 0.25) is 0 Å². The third-order valence-electron chi connectivity index (χ3n) is 2.79. The van der Waals surface area contributed by atoms with Crippen molar-refractivity contribution in [3.8, 4) is 0 Å². The number of aliphatic carboxylic acids is 1. The first kappa shape index (κ1) is 20.6. The van der Waals surface area contributed by atoms with Gasteiger partial charge in [0.25, 0.3) is 0 Å². The SMILES string of the molecule is C=C(CCl)CC1(C(=O)OC)C[C@H](F)CN1.O=C(O)C(F)(F)F. The van der Waals surface area contributed by atoms with Crippen LogP contribution in [0, 0.1) is 0 Å². The summed E-state index contributed by atoms with van der Waals surface area (Å²) in [6.07, 6.45) is -5.66. The van der Waals surface area contributed by atoms with Gasteiger partial charge in [0, 0.05) is 18.8 Å². The summed E-state index contributed by atoms with van der Waals surface area (Å²) in [6, 6.07) is 0. The highest BCUT2D eigenvalue weighted by atomic mass is 35.5. The van der Waals surface area contributed by atoms with Crippen molar-refractivity contribution in [3.05, 3.63) is 12.2 Å². The van der Waals surface area contributed by atoms with Crippen molar-refractivity contribution in [1.29, 1.82) is 0 Å². The molecule has 1 unspecified atom stereocenters. The third-order valence-corrected chi connectivity index (χ3v) is 3.17. The van der Waals surface area contributed by atoms with Gasteiger partial charge in [-0.05, 0) is 6.42 Å². The minimum absolute atomic E-state index is 0.121. The normalized spacial score (nSPS) is 24.2. The molecule has 1 rings (SSSR count). The van der Waals surface area contributed by atoms with Crippen LogP contribution >= 0.6 is 11.6 Å². The average Bonchev–Trinajstić information content (AvgIpc) is 2.79. The Hall–Kier alpha value is -1.35. The molecule has 2 atom stereocenters. The van der Waals surface area contributed by atoms with Crippen LogP contribution in [0.1, 0.15) is 12.8 Å². The molecule has 1 heterocycles. The van der Waals surface area contributed by atoms with E-state index < -0.39 is 29.8 Å². The van der Waals surface area contributed by atoms with Crippen LogP contribution in [0.3, 0.4) is 0 Å². The Balaban J connectivity index is 0.000000534. The first-order valence-corrected chi connectivity index (χ1v) is 6.52. The monoisotopic (exact) mass is 349 g/mol. The average molecular weight is 350 g/mol. The topological polar surface area (TPSA) is 75.6 Å². The lowest BCUT2D eigenvalue weighted by Gasteiger charge is -2.26. The Morgan fingerprint density at radius 2 is 2.00 bits per heavy atom.